The first-order valence-electron chi connectivity index (χ1n) is 7.35. The highest BCUT2D eigenvalue weighted by atomic mass is 16.1. The SMILES string of the molecule is CCN(CC1CC(C)CCC1=O)C(C)CN(C)C. The van der Waals surface area contributed by atoms with E-state index in [1.54, 1.807) is 0 Å². The van der Waals surface area contributed by atoms with E-state index in [1.807, 2.05) is 0 Å². The van der Waals surface area contributed by atoms with E-state index in [1.165, 1.54) is 0 Å². The maximum absolute atomic E-state index is 12.0. The van der Waals surface area contributed by atoms with Crippen molar-refractivity contribution in [1.82, 2.24) is 9.80 Å². The molecular formula is C15H30N2O. The molecule has 1 aliphatic carbocycles. The summed E-state index contributed by atoms with van der Waals surface area (Å²) in [7, 11) is 4.22. The Labute approximate surface area is 113 Å². The van der Waals surface area contributed by atoms with E-state index >= 15 is 0 Å². The Morgan fingerprint density at radius 3 is 2.61 bits per heavy atom. The molecular weight excluding hydrogens is 224 g/mol. The number of ketones is 1. The fourth-order valence-electron chi connectivity index (χ4n) is 3.05. The van der Waals surface area contributed by atoms with E-state index in [0.717, 1.165) is 44.8 Å². The summed E-state index contributed by atoms with van der Waals surface area (Å²) >= 11 is 0. The van der Waals surface area contributed by atoms with E-state index < -0.39 is 0 Å². The Hall–Kier alpha value is -0.410. The molecule has 1 saturated carbocycles. The molecule has 0 heterocycles. The molecule has 0 aliphatic heterocycles. The van der Waals surface area contributed by atoms with Gasteiger partial charge in [-0.3, -0.25) is 9.69 Å². The first kappa shape index (κ1) is 15.6. The van der Waals surface area contributed by atoms with Gasteiger partial charge < -0.3 is 4.90 Å². The van der Waals surface area contributed by atoms with Crippen LogP contribution in [-0.4, -0.2) is 55.4 Å². The molecule has 3 unspecified atom stereocenters. The smallest absolute Gasteiger partial charge is 0.137 e. The van der Waals surface area contributed by atoms with Gasteiger partial charge in [-0.2, -0.15) is 0 Å². The zero-order valence-electron chi connectivity index (χ0n) is 12.8. The quantitative estimate of drug-likeness (QED) is 0.726. The average Bonchev–Trinajstić information content (AvgIpc) is 2.29. The molecule has 1 aliphatic rings. The summed E-state index contributed by atoms with van der Waals surface area (Å²) in [4.78, 5) is 16.7. The van der Waals surface area contributed by atoms with Crippen molar-refractivity contribution in [2.75, 3.05) is 33.7 Å². The Bertz CT molecular complexity index is 265. The summed E-state index contributed by atoms with van der Waals surface area (Å²) in [6, 6.07) is 0.523. The molecule has 0 radical (unpaired) electrons. The molecule has 0 N–H and O–H groups in total. The van der Waals surface area contributed by atoms with Crippen molar-refractivity contribution in [3.63, 3.8) is 0 Å². The summed E-state index contributed by atoms with van der Waals surface area (Å²) in [6.45, 7) is 9.79. The molecule has 18 heavy (non-hydrogen) atoms. The molecule has 0 aromatic rings. The number of carbonyl (C=O) groups is 1. The average molecular weight is 254 g/mol. The normalized spacial score (nSPS) is 26.9. The lowest BCUT2D eigenvalue weighted by molar-refractivity contribution is -0.126. The third kappa shape index (κ3) is 4.69. The van der Waals surface area contributed by atoms with Crippen LogP contribution in [0.15, 0.2) is 0 Å². The lowest BCUT2D eigenvalue weighted by Gasteiger charge is -2.35. The lowest BCUT2D eigenvalue weighted by atomic mass is 9.81. The van der Waals surface area contributed by atoms with Crippen molar-refractivity contribution in [2.45, 2.75) is 46.1 Å². The van der Waals surface area contributed by atoms with Crippen LogP contribution in [-0.2, 0) is 4.79 Å². The molecule has 0 bridgehead atoms. The first-order chi connectivity index (χ1) is 8.43. The zero-order valence-corrected chi connectivity index (χ0v) is 12.8. The standard InChI is InChI=1S/C15H30N2O/c1-6-17(13(3)10-16(4)5)11-14-9-12(2)7-8-15(14)18/h12-14H,6-11H2,1-5H3. The summed E-state index contributed by atoms with van der Waals surface area (Å²) < 4.78 is 0. The third-order valence-corrected chi connectivity index (χ3v) is 4.14. The molecule has 3 atom stereocenters. The van der Waals surface area contributed by atoms with Gasteiger partial charge in [0.15, 0.2) is 0 Å². The highest BCUT2D eigenvalue weighted by molar-refractivity contribution is 5.81. The Kier molecular flexibility index (Phi) is 6.30. The van der Waals surface area contributed by atoms with Crippen LogP contribution in [0.4, 0.5) is 0 Å². The Balaban J connectivity index is 2.53. The zero-order chi connectivity index (χ0) is 13.7. The number of rotatable bonds is 6. The van der Waals surface area contributed by atoms with Gasteiger partial charge in [-0.25, -0.2) is 0 Å². The predicted octanol–water partition coefficient (Wildman–Crippen LogP) is 2.26. The van der Waals surface area contributed by atoms with Gasteiger partial charge in [0.2, 0.25) is 0 Å². The fourth-order valence-corrected chi connectivity index (χ4v) is 3.05. The number of Topliss-reactive ketones (excluding diaryl/α,β-unsaturated/α-hetero) is 1. The summed E-state index contributed by atoms with van der Waals surface area (Å²) in [5, 5.41) is 0. The molecule has 1 fully saturated rings. The minimum atomic E-state index is 0.276. The van der Waals surface area contributed by atoms with Crippen LogP contribution in [0, 0.1) is 11.8 Å². The molecule has 3 nitrogen and oxygen atoms in total. The molecule has 0 aromatic heterocycles. The maximum atomic E-state index is 12.0. The van der Waals surface area contributed by atoms with Crippen LogP contribution >= 0.6 is 0 Å². The van der Waals surface area contributed by atoms with Gasteiger partial charge in [0, 0.05) is 31.5 Å². The predicted molar refractivity (Wildman–Crippen MR) is 76.8 cm³/mol. The van der Waals surface area contributed by atoms with Gasteiger partial charge in [-0.05, 0) is 46.3 Å². The topological polar surface area (TPSA) is 23.6 Å². The van der Waals surface area contributed by atoms with E-state index in [-0.39, 0.29) is 5.92 Å². The molecule has 1 rings (SSSR count). The molecule has 0 aromatic carbocycles. The van der Waals surface area contributed by atoms with E-state index in [2.05, 4.69) is 44.7 Å². The van der Waals surface area contributed by atoms with Gasteiger partial charge in [0.25, 0.3) is 0 Å². The van der Waals surface area contributed by atoms with E-state index in [9.17, 15) is 4.79 Å². The summed E-state index contributed by atoms with van der Waals surface area (Å²) in [5.74, 6) is 1.48. The monoisotopic (exact) mass is 254 g/mol. The third-order valence-electron chi connectivity index (χ3n) is 4.14. The van der Waals surface area contributed by atoms with Crippen molar-refractivity contribution < 1.29 is 4.79 Å². The molecule has 0 saturated heterocycles. The molecule has 0 amide bonds. The van der Waals surface area contributed by atoms with E-state index in [0.29, 0.717) is 11.8 Å². The molecule has 3 heteroatoms. The fraction of sp³-hybridized carbons (Fsp3) is 0.933. The van der Waals surface area contributed by atoms with Crippen molar-refractivity contribution in [3.05, 3.63) is 0 Å². The minimum Gasteiger partial charge on any atom is -0.308 e. The van der Waals surface area contributed by atoms with Gasteiger partial charge in [0.05, 0.1) is 0 Å². The maximum Gasteiger partial charge on any atom is 0.137 e. The Morgan fingerprint density at radius 2 is 2.06 bits per heavy atom. The number of hydrogen-bond donors (Lipinski definition) is 0. The second-order valence-electron chi connectivity index (χ2n) is 6.24. The number of nitrogens with zero attached hydrogens (tertiary/aromatic N) is 2. The van der Waals surface area contributed by atoms with Crippen molar-refractivity contribution in [2.24, 2.45) is 11.8 Å². The van der Waals surface area contributed by atoms with Gasteiger partial charge in [0.1, 0.15) is 5.78 Å². The minimum absolute atomic E-state index is 0.276. The highest BCUT2D eigenvalue weighted by Gasteiger charge is 2.28. The molecule has 0 spiro atoms. The number of likely N-dealkylation sites (N-methyl/N-ethyl adjacent to an activating group) is 2. The Morgan fingerprint density at radius 1 is 1.39 bits per heavy atom. The van der Waals surface area contributed by atoms with Crippen LogP contribution < -0.4 is 0 Å². The van der Waals surface area contributed by atoms with Gasteiger partial charge in [-0.1, -0.05) is 13.8 Å². The van der Waals surface area contributed by atoms with E-state index in [4.69, 9.17) is 0 Å². The van der Waals surface area contributed by atoms with Crippen LogP contribution in [0.1, 0.15) is 40.0 Å². The van der Waals surface area contributed by atoms with Crippen LogP contribution in [0.3, 0.4) is 0 Å². The molecule has 106 valence electrons. The van der Waals surface area contributed by atoms with Crippen molar-refractivity contribution in [1.29, 1.82) is 0 Å². The lowest BCUT2D eigenvalue weighted by Crippen LogP contribution is -2.44. The number of carbonyl (C=O) groups excluding carboxylic acids is 1. The van der Waals surface area contributed by atoms with Crippen molar-refractivity contribution in [3.8, 4) is 0 Å². The van der Waals surface area contributed by atoms with Gasteiger partial charge in [-0.15, -0.1) is 0 Å². The van der Waals surface area contributed by atoms with Crippen LogP contribution in [0.25, 0.3) is 0 Å². The second-order valence-corrected chi connectivity index (χ2v) is 6.24. The number of hydrogen-bond acceptors (Lipinski definition) is 3. The highest BCUT2D eigenvalue weighted by Crippen LogP contribution is 2.27. The second kappa shape index (κ2) is 7.25. The van der Waals surface area contributed by atoms with Crippen molar-refractivity contribution >= 4 is 5.78 Å². The van der Waals surface area contributed by atoms with Crippen LogP contribution in [0.2, 0.25) is 0 Å². The summed E-state index contributed by atoms with van der Waals surface area (Å²) in [6.07, 6.45) is 2.98. The van der Waals surface area contributed by atoms with Crippen LogP contribution in [0.5, 0.6) is 0 Å². The summed E-state index contributed by atoms with van der Waals surface area (Å²) in [5.41, 5.74) is 0. The van der Waals surface area contributed by atoms with Gasteiger partial charge >= 0.3 is 0 Å². The largest absolute Gasteiger partial charge is 0.308 e. The first-order valence-corrected chi connectivity index (χ1v) is 7.35.